The highest BCUT2D eigenvalue weighted by Crippen LogP contribution is 2.28. The molecule has 0 aliphatic carbocycles. The van der Waals surface area contributed by atoms with Crippen molar-refractivity contribution in [3.8, 4) is 6.07 Å². The number of nitrogens with two attached hydrogens (primary N) is 1. The average molecular weight is 214 g/mol. The maximum atomic E-state index is 8.94. The lowest BCUT2D eigenvalue weighted by Crippen LogP contribution is -2.30. The highest BCUT2D eigenvalue weighted by molar-refractivity contribution is 5.64. The van der Waals surface area contributed by atoms with Crippen LogP contribution in [0.2, 0.25) is 0 Å². The molecule has 0 spiro atoms. The van der Waals surface area contributed by atoms with Crippen molar-refractivity contribution in [2.24, 2.45) is 5.84 Å². The Kier molecular flexibility index (Phi) is 1.67. The first-order valence-corrected chi connectivity index (χ1v) is 5.02. The van der Waals surface area contributed by atoms with E-state index in [9.17, 15) is 0 Å². The summed E-state index contributed by atoms with van der Waals surface area (Å²) in [5, 5.41) is 14.8. The van der Waals surface area contributed by atoms with E-state index in [1.807, 2.05) is 6.92 Å². The topological polar surface area (TPSA) is 83.2 Å². The molecule has 0 atom stereocenters. The normalized spacial score (nSPS) is 14.2. The molecular weight excluding hydrogens is 204 g/mol. The molecule has 3 heterocycles. The van der Waals surface area contributed by atoms with Crippen LogP contribution in [0.25, 0.3) is 5.65 Å². The zero-order chi connectivity index (χ0) is 11.3. The Bertz CT molecular complexity index is 620. The molecule has 0 amide bonds. The first-order valence-electron chi connectivity index (χ1n) is 5.02. The number of fused-ring (bicyclic) bond motifs is 3. The third-order valence-electron chi connectivity index (χ3n) is 2.92. The zero-order valence-corrected chi connectivity index (χ0v) is 8.80. The fraction of sp³-hybridized carbons (Fsp3) is 0.300. The number of hydrogen-bond donors (Lipinski definition) is 1. The lowest BCUT2D eigenvalue weighted by Gasteiger charge is -2.13. The standard InChI is InChI=1S/C10H10N6/c1-6-8-2-3-15(12)10(8)16-9(14-6)7(4-11)5-13-16/h5H,2-3,12H2,1H3. The average Bonchev–Trinajstić information content (AvgIpc) is 2.82. The van der Waals surface area contributed by atoms with Crippen molar-refractivity contribution in [3.63, 3.8) is 0 Å². The second kappa shape index (κ2) is 2.93. The zero-order valence-electron chi connectivity index (χ0n) is 8.80. The molecule has 0 bridgehead atoms. The van der Waals surface area contributed by atoms with Gasteiger partial charge in [-0.15, -0.1) is 0 Å². The van der Waals surface area contributed by atoms with Crippen LogP contribution < -0.4 is 10.9 Å². The van der Waals surface area contributed by atoms with Gasteiger partial charge in [0.2, 0.25) is 0 Å². The first-order chi connectivity index (χ1) is 7.72. The van der Waals surface area contributed by atoms with Crippen molar-refractivity contribution in [2.45, 2.75) is 13.3 Å². The molecule has 0 saturated carbocycles. The van der Waals surface area contributed by atoms with Gasteiger partial charge in [-0.05, 0) is 13.3 Å². The number of aromatic nitrogens is 3. The molecule has 2 N–H and O–H groups in total. The molecule has 0 aromatic carbocycles. The third-order valence-corrected chi connectivity index (χ3v) is 2.92. The van der Waals surface area contributed by atoms with E-state index in [0.29, 0.717) is 11.2 Å². The van der Waals surface area contributed by atoms with Crippen molar-refractivity contribution < 1.29 is 0 Å². The van der Waals surface area contributed by atoms with Crippen LogP contribution in [0.1, 0.15) is 16.8 Å². The number of anilines is 1. The maximum Gasteiger partial charge on any atom is 0.175 e. The first kappa shape index (κ1) is 9.12. The summed E-state index contributed by atoms with van der Waals surface area (Å²) in [6, 6.07) is 2.08. The predicted molar refractivity (Wildman–Crippen MR) is 57.7 cm³/mol. The smallest absolute Gasteiger partial charge is 0.175 e. The fourth-order valence-corrected chi connectivity index (χ4v) is 2.13. The Balaban J connectivity index is 2.45. The van der Waals surface area contributed by atoms with Gasteiger partial charge < -0.3 is 0 Å². The van der Waals surface area contributed by atoms with E-state index in [1.165, 1.54) is 6.20 Å². The van der Waals surface area contributed by atoms with Gasteiger partial charge in [0.25, 0.3) is 0 Å². The highest BCUT2D eigenvalue weighted by Gasteiger charge is 2.24. The van der Waals surface area contributed by atoms with E-state index in [0.717, 1.165) is 30.0 Å². The van der Waals surface area contributed by atoms with Crippen LogP contribution in [0.5, 0.6) is 0 Å². The van der Waals surface area contributed by atoms with Gasteiger partial charge in [0.15, 0.2) is 11.5 Å². The molecule has 0 unspecified atom stereocenters. The summed E-state index contributed by atoms with van der Waals surface area (Å²) in [6.07, 6.45) is 2.40. The van der Waals surface area contributed by atoms with Crippen LogP contribution in [0, 0.1) is 18.3 Å². The van der Waals surface area contributed by atoms with Gasteiger partial charge in [-0.1, -0.05) is 0 Å². The van der Waals surface area contributed by atoms with Crippen LogP contribution in [0.4, 0.5) is 5.82 Å². The summed E-state index contributed by atoms with van der Waals surface area (Å²) in [7, 11) is 0. The summed E-state index contributed by atoms with van der Waals surface area (Å²) in [5.74, 6) is 6.74. The molecule has 3 rings (SSSR count). The summed E-state index contributed by atoms with van der Waals surface area (Å²) >= 11 is 0. The number of rotatable bonds is 0. The van der Waals surface area contributed by atoms with Gasteiger partial charge in [0.05, 0.1) is 6.20 Å². The minimum atomic E-state index is 0.478. The van der Waals surface area contributed by atoms with Crippen LogP contribution in [0.3, 0.4) is 0 Å². The molecule has 1 aliphatic heterocycles. The molecule has 0 saturated heterocycles. The Morgan fingerprint density at radius 3 is 3.12 bits per heavy atom. The Labute approximate surface area is 91.9 Å². The van der Waals surface area contributed by atoms with E-state index in [4.69, 9.17) is 11.1 Å². The number of aryl methyl sites for hydroxylation is 1. The van der Waals surface area contributed by atoms with Gasteiger partial charge in [-0.25, -0.2) is 10.8 Å². The second-order valence-electron chi connectivity index (χ2n) is 3.85. The van der Waals surface area contributed by atoms with Crippen LogP contribution in [-0.2, 0) is 6.42 Å². The molecule has 0 fully saturated rings. The van der Waals surface area contributed by atoms with Gasteiger partial charge in [0.1, 0.15) is 11.6 Å². The monoisotopic (exact) mass is 214 g/mol. The lowest BCUT2D eigenvalue weighted by atomic mass is 10.2. The molecule has 1 aliphatic rings. The summed E-state index contributed by atoms with van der Waals surface area (Å²) in [6.45, 7) is 2.70. The van der Waals surface area contributed by atoms with Crippen LogP contribution in [0.15, 0.2) is 6.20 Å². The molecular formula is C10H10N6. The second-order valence-corrected chi connectivity index (χ2v) is 3.85. The molecule has 6 nitrogen and oxygen atoms in total. The number of nitrogens with zero attached hydrogens (tertiary/aromatic N) is 5. The van der Waals surface area contributed by atoms with Crippen molar-refractivity contribution in [2.75, 3.05) is 11.6 Å². The van der Waals surface area contributed by atoms with Crippen molar-refractivity contribution in [1.29, 1.82) is 5.26 Å². The lowest BCUT2D eigenvalue weighted by molar-refractivity contribution is 0.840. The highest BCUT2D eigenvalue weighted by atomic mass is 15.5. The number of hydrazine groups is 1. The molecule has 2 aromatic rings. The van der Waals surface area contributed by atoms with Crippen LogP contribution in [-0.4, -0.2) is 21.1 Å². The molecule has 2 aromatic heterocycles. The van der Waals surface area contributed by atoms with Gasteiger partial charge >= 0.3 is 0 Å². The van der Waals surface area contributed by atoms with Crippen molar-refractivity contribution >= 4 is 11.5 Å². The quantitative estimate of drug-likeness (QED) is 0.631. The molecule has 16 heavy (non-hydrogen) atoms. The number of nitriles is 1. The van der Waals surface area contributed by atoms with E-state index in [1.54, 1.807) is 9.52 Å². The van der Waals surface area contributed by atoms with Crippen molar-refractivity contribution in [3.05, 3.63) is 23.0 Å². The molecule has 80 valence electrons. The summed E-state index contributed by atoms with van der Waals surface area (Å²) < 4.78 is 1.65. The maximum absolute atomic E-state index is 8.94. The number of hydrogen-bond acceptors (Lipinski definition) is 5. The minimum absolute atomic E-state index is 0.478. The molecule has 0 radical (unpaired) electrons. The van der Waals surface area contributed by atoms with Crippen LogP contribution >= 0.6 is 0 Å². The molecule has 6 heteroatoms. The Morgan fingerprint density at radius 1 is 1.56 bits per heavy atom. The third kappa shape index (κ3) is 0.978. The summed E-state index contributed by atoms with van der Waals surface area (Å²) in [5.41, 5.74) is 3.09. The predicted octanol–water partition coefficient (Wildman–Crippen LogP) is 0.146. The van der Waals surface area contributed by atoms with Gasteiger partial charge in [-0.3, -0.25) is 5.01 Å². The minimum Gasteiger partial charge on any atom is -0.294 e. The SMILES string of the molecule is Cc1nc2c(C#N)cnn2c2c1CCN2N. The van der Waals surface area contributed by atoms with E-state index >= 15 is 0 Å². The largest absolute Gasteiger partial charge is 0.294 e. The van der Waals surface area contributed by atoms with Crippen molar-refractivity contribution in [1.82, 2.24) is 14.6 Å². The van der Waals surface area contributed by atoms with E-state index in [2.05, 4.69) is 16.2 Å². The van der Waals surface area contributed by atoms with E-state index < -0.39 is 0 Å². The van der Waals surface area contributed by atoms with E-state index in [-0.39, 0.29) is 0 Å². The van der Waals surface area contributed by atoms with Gasteiger partial charge in [0, 0.05) is 17.8 Å². The Hall–Kier alpha value is -2.13. The fourth-order valence-electron chi connectivity index (χ4n) is 2.13. The van der Waals surface area contributed by atoms with Gasteiger partial charge in [-0.2, -0.15) is 14.9 Å². The Morgan fingerprint density at radius 2 is 2.38 bits per heavy atom. The summed E-state index contributed by atoms with van der Waals surface area (Å²) in [4.78, 5) is 4.41.